The van der Waals surface area contributed by atoms with E-state index < -0.39 is 5.97 Å². The van der Waals surface area contributed by atoms with Crippen molar-refractivity contribution < 1.29 is 14.7 Å². The number of aryl methyl sites for hydroxylation is 1. The zero-order chi connectivity index (χ0) is 16.1. The largest absolute Gasteiger partial charge is 0.478 e. The monoisotopic (exact) mass is 315 g/mol. The summed E-state index contributed by atoms with van der Waals surface area (Å²) in [6.45, 7) is 1.97. The SMILES string of the molecule is Cc1cccc(/C=C/C(=O)Nc2cc(C(=O)O)ccc2Cl)c1. The molecule has 0 unspecified atom stereocenters. The van der Waals surface area contributed by atoms with Crippen molar-refractivity contribution in [3.63, 3.8) is 0 Å². The molecule has 0 aliphatic heterocycles. The van der Waals surface area contributed by atoms with Crippen molar-refractivity contribution in [2.45, 2.75) is 6.92 Å². The second kappa shape index (κ2) is 6.91. The standard InChI is InChI=1S/C17H14ClNO3/c1-11-3-2-4-12(9-11)5-8-16(20)19-15-10-13(17(21)22)6-7-14(15)18/h2-10H,1H3,(H,19,20)(H,21,22)/b8-5+. The Morgan fingerprint density at radius 2 is 1.95 bits per heavy atom. The zero-order valence-corrected chi connectivity index (χ0v) is 12.6. The van der Waals surface area contributed by atoms with Gasteiger partial charge in [-0.05, 0) is 36.8 Å². The summed E-state index contributed by atoms with van der Waals surface area (Å²) in [6.07, 6.45) is 3.05. The van der Waals surface area contributed by atoms with Crippen LogP contribution in [0.15, 0.2) is 48.5 Å². The number of carbonyl (C=O) groups is 2. The van der Waals surface area contributed by atoms with E-state index in [1.54, 1.807) is 6.08 Å². The van der Waals surface area contributed by atoms with Gasteiger partial charge < -0.3 is 10.4 Å². The zero-order valence-electron chi connectivity index (χ0n) is 11.8. The maximum Gasteiger partial charge on any atom is 0.335 e. The third-order valence-electron chi connectivity index (χ3n) is 2.94. The minimum atomic E-state index is -1.08. The molecule has 2 aromatic rings. The van der Waals surface area contributed by atoms with Crippen molar-refractivity contribution in [1.82, 2.24) is 0 Å². The van der Waals surface area contributed by atoms with Gasteiger partial charge >= 0.3 is 5.97 Å². The van der Waals surface area contributed by atoms with Crippen LogP contribution in [-0.2, 0) is 4.79 Å². The molecule has 0 saturated carbocycles. The van der Waals surface area contributed by atoms with Crippen molar-refractivity contribution in [2.24, 2.45) is 0 Å². The Balaban J connectivity index is 2.12. The second-order valence-corrected chi connectivity index (χ2v) is 5.14. The number of halogens is 1. The number of carboxylic acids is 1. The van der Waals surface area contributed by atoms with Crippen LogP contribution in [0.4, 0.5) is 5.69 Å². The van der Waals surface area contributed by atoms with E-state index in [0.717, 1.165) is 11.1 Å². The van der Waals surface area contributed by atoms with Gasteiger partial charge in [0.15, 0.2) is 0 Å². The van der Waals surface area contributed by atoms with Gasteiger partial charge in [-0.3, -0.25) is 4.79 Å². The highest BCUT2D eigenvalue weighted by atomic mass is 35.5. The van der Waals surface area contributed by atoms with Crippen molar-refractivity contribution in [3.05, 3.63) is 70.3 Å². The summed E-state index contributed by atoms with van der Waals surface area (Å²) in [5.41, 5.74) is 2.32. The summed E-state index contributed by atoms with van der Waals surface area (Å²) in [4.78, 5) is 22.8. The summed E-state index contributed by atoms with van der Waals surface area (Å²) in [6, 6.07) is 11.8. The summed E-state index contributed by atoms with van der Waals surface area (Å²) < 4.78 is 0. The van der Waals surface area contributed by atoms with Crippen LogP contribution in [0.25, 0.3) is 6.08 Å². The number of carboxylic acid groups (broad SMARTS) is 1. The van der Waals surface area contributed by atoms with Crippen molar-refractivity contribution in [3.8, 4) is 0 Å². The third-order valence-corrected chi connectivity index (χ3v) is 3.27. The molecule has 0 spiro atoms. The van der Waals surface area contributed by atoms with Gasteiger partial charge in [0.05, 0.1) is 16.3 Å². The number of aromatic carboxylic acids is 1. The topological polar surface area (TPSA) is 66.4 Å². The van der Waals surface area contributed by atoms with E-state index in [9.17, 15) is 9.59 Å². The van der Waals surface area contributed by atoms with Crippen LogP contribution < -0.4 is 5.32 Å². The molecule has 0 saturated heterocycles. The smallest absolute Gasteiger partial charge is 0.335 e. The summed E-state index contributed by atoms with van der Waals surface area (Å²) in [7, 11) is 0. The van der Waals surface area contributed by atoms with Crippen molar-refractivity contribution in [1.29, 1.82) is 0 Å². The van der Waals surface area contributed by atoms with Gasteiger partial charge in [0.25, 0.3) is 0 Å². The molecule has 2 aromatic carbocycles. The average molecular weight is 316 g/mol. The van der Waals surface area contributed by atoms with Gasteiger partial charge in [0.2, 0.25) is 5.91 Å². The molecule has 0 bridgehead atoms. The van der Waals surface area contributed by atoms with E-state index in [2.05, 4.69) is 5.32 Å². The number of rotatable bonds is 4. The third kappa shape index (κ3) is 4.20. The fourth-order valence-corrected chi connectivity index (χ4v) is 2.04. The van der Waals surface area contributed by atoms with E-state index >= 15 is 0 Å². The van der Waals surface area contributed by atoms with Crippen LogP contribution in [0.1, 0.15) is 21.5 Å². The Morgan fingerprint density at radius 3 is 2.64 bits per heavy atom. The van der Waals surface area contributed by atoms with Gasteiger partial charge in [-0.2, -0.15) is 0 Å². The van der Waals surface area contributed by atoms with Crippen LogP contribution in [0.2, 0.25) is 5.02 Å². The molecule has 0 radical (unpaired) electrons. The number of nitrogens with one attached hydrogen (secondary N) is 1. The molecule has 5 heteroatoms. The number of amides is 1. The average Bonchev–Trinajstić information content (AvgIpc) is 2.47. The van der Waals surface area contributed by atoms with Gasteiger partial charge in [0, 0.05) is 6.08 Å². The molecule has 0 aromatic heterocycles. The first kappa shape index (κ1) is 15.8. The summed E-state index contributed by atoms with van der Waals surface area (Å²) in [5.74, 6) is -1.46. The lowest BCUT2D eigenvalue weighted by atomic mass is 10.1. The molecule has 2 rings (SSSR count). The van der Waals surface area contributed by atoms with Crippen molar-refractivity contribution >= 4 is 35.2 Å². The first-order valence-electron chi connectivity index (χ1n) is 6.54. The van der Waals surface area contributed by atoms with Crippen molar-refractivity contribution in [2.75, 3.05) is 5.32 Å². The summed E-state index contributed by atoms with van der Waals surface area (Å²) >= 11 is 5.95. The molecule has 112 valence electrons. The maximum atomic E-state index is 11.9. The fraction of sp³-hybridized carbons (Fsp3) is 0.0588. The highest BCUT2D eigenvalue weighted by molar-refractivity contribution is 6.34. The number of hydrogen-bond acceptors (Lipinski definition) is 2. The predicted octanol–water partition coefficient (Wildman–Crippen LogP) is 4.00. The molecule has 0 aliphatic carbocycles. The van der Waals surface area contributed by atoms with E-state index in [1.165, 1.54) is 24.3 Å². The number of hydrogen-bond donors (Lipinski definition) is 2. The van der Waals surface area contributed by atoms with E-state index in [-0.39, 0.29) is 22.2 Å². The van der Waals surface area contributed by atoms with Crippen LogP contribution >= 0.6 is 11.6 Å². The van der Waals surface area contributed by atoms with Crippen LogP contribution in [0.3, 0.4) is 0 Å². The van der Waals surface area contributed by atoms with Gasteiger partial charge in [0.1, 0.15) is 0 Å². The first-order valence-corrected chi connectivity index (χ1v) is 6.92. The Hall–Kier alpha value is -2.59. The lowest BCUT2D eigenvalue weighted by Gasteiger charge is -2.06. The Kier molecular flexibility index (Phi) is 4.96. The Morgan fingerprint density at radius 1 is 1.18 bits per heavy atom. The van der Waals surface area contributed by atoms with Crippen LogP contribution in [0, 0.1) is 6.92 Å². The normalized spacial score (nSPS) is 10.6. The molecule has 0 aliphatic rings. The van der Waals surface area contributed by atoms with E-state index in [0.29, 0.717) is 0 Å². The molecular formula is C17H14ClNO3. The first-order chi connectivity index (χ1) is 10.5. The van der Waals surface area contributed by atoms with Gasteiger partial charge in [-0.25, -0.2) is 4.79 Å². The molecular weight excluding hydrogens is 302 g/mol. The molecule has 0 heterocycles. The minimum absolute atomic E-state index is 0.0577. The number of carbonyl (C=O) groups excluding carboxylic acids is 1. The highest BCUT2D eigenvalue weighted by Crippen LogP contribution is 2.23. The fourth-order valence-electron chi connectivity index (χ4n) is 1.87. The number of anilines is 1. The maximum absolute atomic E-state index is 11.9. The second-order valence-electron chi connectivity index (χ2n) is 4.74. The van der Waals surface area contributed by atoms with Gasteiger partial charge in [-0.1, -0.05) is 41.4 Å². The lowest BCUT2D eigenvalue weighted by Crippen LogP contribution is -2.09. The van der Waals surface area contributed by atoms with E-state index in [4.69, 9.17) is 16.7 Å². The molecule has 1 amide bonds. The van der Waals surface area contributed by atoms with Crippen LogP contribution in [0.5, 0.6) is 0 Å². The predicted molar refractivity (Wildman–Crippen MR) is 87.3 cm³/mol. The molecule has 4 nitrogen and oxygen atoms in total. The quantitative estimate of drug-likeness (QED) is 0.838. The van der Waals surface area contributed by atoms with Crippen LogP contribution in [-0.4, -0.2) is 17.0 Å². The summed E-state index contributed by atoms with van der Waals surface area (Å²) in [5, 5.41) is 11.8. The number of benzene rings is 2. The molecule has 22 heavy (non-hydrogen) atoms. The molecule has 0 atom stereocenters. The molecule has 2 N–H and O–H groups in total. The highest BCUT2D eigenvalue weighted by Gasteiger charge is 2.08. The van der Waals surface area contributed by atoms with E-state index in [1.807, 2.05) is 31.2 Å². The molecule has 0 fully saturated rings. The Bertz CT molecular complexity index is 753. The Labute approximate surface area is 133 Å². The lowest BCUT2D eigenvalue weighted by molar-refractivity contribution is -0.111. The minimum Gasteiger partial charge on any atom is -0.478 e. The van der Waals surface area contributed by atoms with Gasteiger partial charge in [-0.15, -0.1) is 0 Å².